The first-order chi connectivity index (χ1) is 14.3. The largest absolute Gasteiger partial charge is 0.326 e. The second-order valence-corrected chi connectivity index (χ2v) is 10.3. The Balaban J connectivity index is 1.45. The summed E-state index contributed by atoms with van der Waals surface area (Å²) in [5.41, 5.74) is 2.03. The van der Waals surface area contributed by atoms with E-state index in [0.29, 0.717) is 18.7 Å². The molecule has 1 saturated carbocycles. The van der Waals surface area contributed by atoms with E-state index in [-0.39, 0.29) is 23.1 Å². The van der Waals surface area contributed by atoms with E-state index in [4.69, 9.17) is 0 Å². The summed E-state index contributed by atoms with van der Waals surface area (Å²) in [6.45, 7) is 2.07. The second-order valence-electron chi connectivity index (χ2n) is 7.92. The van der Waals surface area contributed by atoms with Crippen molar-refractivity contribution in [2.45, 2.75) is 42.8 Å². The molecule has 2 aliphatic rings. The molecule has 0 unspecified atom stereocenters. The van der Waals surface area contributed by atoms with E-state index in [1.807, 2.05) is 0 Å². The van der Waals surface area contributed by atoms with Gasteiger partial charge in [0.25, 0.3) is 0 Å². The van der Waals surface area contributed by atoms with Crippen LogP contribution in [-0.2, 0) is 25.8 Å². The number of hydrogen-bond donors (Lipinski definition) is 1. The van der Waals surface area contributed by atoms with Gasteiger partial charge in [-0.25, -0.2) is 12.8 Å². The van der Waals surface area contributed by atoms with Gasteiger partial charge in [-0.1, -0.05) is 0 Å². The number of nitrogens with one attached hydrogen (secondary N) is 1. The Morgan fingerprint density at radius 1 is 1.17 bits per heavy atom. The van der Waals surface area contributed by atoms with E-state index in [2.05, 4.69) is 5.32 Å². The zero-order valence-corrected chi connectivity index (χ0v) is 17.4. The van der Waals surface area contributed by atoms with Crippen LogP contribution in [0.15, 0.2) is 47.4 Å². The third-order valence-electron chi connectivity index (χ3n) is 5.60. The van der Waals surface area contributed by atoms with Crippen LogP contribution in [0.1, 0.15) is 31.7 Å². The Hall–Kier alpha value is -2.74. The summed E-state index contributed by atoms with van der Waals surface area (Å²) in [6.07, 6.45) is 2.25. The highest BCUT2D eigenvalue weighted by Gasteiger charge is 2.37. The maximum atomic E-state index is 13.0. The molecule has 30 heavy (non-hydrogen) atoms. The lowest BCUT2D eigenvalue weighted by molar-refractivity contribution is -0.119. The maximum absolute atomic E-state index is 13.0. The fraction of sp³-hybridized carbons (Fsp3) is 0.364. The number of anilines is 2. The van der Waals surface area contributed by atoms with Crippen molar-refractivity contribution in [3.05, 3.63) is 53.8 Å². The fourth-order valence-electron chi connectivity index (χ4n) is 3.68. The number of nitrogens with zero attached hydrogens (tertiary/aromatic N) is 1. The Morgan fingerprint density at radius 2 is 1.87 bits per heavy atom. The van der Waals surface area contributed by atoms with Crippen molar-refractivity contribution in [1.29, 1.82) is 0 Å². The molecule has 4 rings (SSSR count). The predicted molar refractivity (Wildman–Crippen MR) is 112 cm³/mol. The Bertz CT molecular complexity index is 1090. The average molecular weight is 431 g/mol. The molecule has 0 bridgehead atoms. The van der Waals surface area contributed by atoms with Gasteiger partial charge in [0.2, 0.25) is 11.8 Å². The number of amides is 2. The van der Waals surface area contributed by atoms with E-state index >= 15 is 0 Å². The van der Waals surface area contributed by atoms with Gasteiger partial charge >= 0.3 is 0 Å². The number of rotatable bonds is 6. The summed E-state index contributed by atoms with van der Waals surface area (Å²) in [4.78, 5) is 26.5. The topological polar surface area (TPSA) is 83.6 Å². The molecule has 6 nitrogen and oxygen atoms in total. The fourth-order valence-corrected chi connectivity index (χ4v) is 5.08. The molecule has 0 radical (unpaired) electrons. The molecule has 1 aliphatic carbocycles. The predicted octanol–water partition coefficient (Wildman–Crippen LogP) is 3.32. The van der Waals surface area contributed by atoms with Crippen molar-refractivity contribution < 1.29 is 22.4 Å². The molecule has 1 atom stereocenters. The van der Waals surface area contributed by atoms with E-state index in [0.717, 1.165) is 24.1 Å². The highest BCUT2D eigenvalue weighted by Crippen LogP contribution is 2.37. The van der Waals surface area contributed by atoms with Gasteiger partial charge in [-0.3, -0.25) is 9.59 Å². The number of halogens is 1. The highest BCUT2D eigenvalue weighted by atomic mass is 32.2. The molecule has 0 saturated heterocycles. The van der Waals surface area contributed by atoms with Crippen LogP contribution in [-0.4, -0.2) is 32.0 Å². The highest BCUT2D eigenvalue weighted by molar-refractivity contribution is 7.92. The quantitative estimate of drug-likeness (QED) is 0.762. The summed E-state index contributed by atoms with van der Waals surface area (Å²) >= 11 is 0. The first-order valence-corrected chi connectivity index (χ1v) is 11.5. The minimum absolute atomic E-state index is 0.110. The molecule has 0 aromatic heterocycles. The number of benzene rings is 2. The minimum Gasteiger partial charge on any atom is -0.326 e. The van der Waals surface area contributed by atoms with Gasteiger partial charge in [0, 0.05) is 30.3 Å². The first kappa shape index (κ1) is 20.5. The third kappa shape index (κ3) is 4.09. The first-order valence-electron chi connectivity index (χ1n) is 9.99. The van der Waals surface area contributed by atoms with Crippen molar-refractivity contribution >= 4 is 33.0 Å². The summed E-state index contributed by atoms with van der Waals surface area (Å²) in [5, 5.41) is 1.66. The second kappa shape index (κ2) is 7.83. The molecule has 1 heterocycles. The van der Waals surface area contributed by atoms with E-state index in [1.165, 1.54) is 37.3 Å². The Kier molecular flexibility index (Phi) is 5.36. The molecule has 8 heteroatoms. The van der Waals surface area contributed by atoms with Crippen LogP contribution in [0, 0.1) is 11.7 Å². The molecule has 1 N–H and O–H groups in total. The Labute approximate surface area is 175 Å². The lowest BCUT2D eigenvalue weighted by Crippen LogP contribution is -2.30. The number of hydrogen-bond acceptors (Lipinski definition) is 4. The number of carbonyl (C=O) groups excluding carboxylic acids is 2. The molecule has 2 aromatic rings. The third-order valence-corrected chi connectivity index (χ3v) is 7.74. The average Bonchev–Trinajstić information content (AvgIpc) is 3.48. The van der Waals surface area contributed by atoms with Gasteiger partial charge in [-0.2, -0.15) is 0 Å². The van der Waals surface area contributed by atoms with Crippen LogP contribution in [0.3, 0.4) is 0 Å². The molecular formula is C22H23FN2O4S. The van der Waals surface area contributed by atoms with Crippen molar-refractivity contribution in [3.63, 3.8) is 0 Å². The van der Waals surface area contributed by atoms with Crippen LogP contribution in [0.4, 0.5) is 15.8 Å². The zero-order valence-electron chi connectivity index (χ0n) is 16.6. The smallest absolute Gasteiger partial charge is 0.230 e. The van der Waals surface area contributed by atoms with Crippen LogP contribution < -0.4 is 10.2 Å². The van der Waals surface area contributed by atoms with Gasteiger partial charge in [0.1, 0.15) is 5.82 Å². The van der Waals surface area contributed by atoms with Gasteiger partial charge in [0.15, 0.2) is 9.84 Å². The van der Waals surface area contributed by atoms with Crippen molar-refractivity contribution in [1.82, 2.24) is 0 Å². The lowest BCUT2D eigenvalue weighted by atomic mass is 10.2. The maximum Gasteiger partial charge on any atom is 0.230 e. The molecule has 1 fully saturated rings. The standard InChI is InChI=1S/C22H23FN2O4S/c1-14(12-21(26)24-18-6-4-17(23)5-7-18)30(28,29)19-8-9-20-16(13-19)10-11-25(20)22(27)15-2-3-15/h4-9,13-15H,2-3,10-12H2,1H3,(H,24,26)/t14-/m0/s1. The zero-order chi connectivity index (χ0) is 21.5. The number of sulfone groups is 1. The summed E-state index contributed by atoms with van der Waals surface area (Å²) in [7, 11) is -3.72. The van der Waals surface area contributed by atoms with Crippen molar-refractivity contribution in [3.8, 4) is 0 Å². The van der Waals surface area contributed by atoms with E-state index in [1.54, 1.807) is 17.0 Å². The van der Waals surface area contributed by atoms with Gasteiger partial charge in [0.05, 0.1) is 10.1 Å². The molecule has 2 aromatic carbocycles. The normalized spacial score (nSPS) is 16.8. The Morgan fingerprint density at radius 3 is 2.53 bits per heavy atom. The molecule has 0 spiro atoms. The van der Waals surface area contributed by atoms with Crippen molar-refractivity contribution in [2.75, 3.05) is 16.8 Å². The monoisotopic (exact) mass is 430 g/mol. The van der Waals surface area contributed by atoms with E-state index in [9.17, 15) is 22.4 Å². The molecule has 158 valence electrons. The summed E-state index contributed by atoms with van der Waals surface area (Å²) in [6, 6.07) is 10.1. The van der Waals surface area contributed by atoms with Crippen LogP contribution in [0.5, 0.6) is 0 Å². The molecule has 2 amide bonds. The molecular weight excluding hydrogens is 407 g/mol. The van der Waals surface area contributed by atoms with Crippen LogP contribution in [0.2, 0.25) is 0 Å². The molecule has 1 aliphatic heterocycles. The summed E-state index contributed by atoms with van der Waals surface area (Å²) < 4.78 is 38.9. The summed E-state index contributed by atoms with van der Waals surface area (Å²) in [5.74, 6) is -0.646. The lowest BCUT2D eigenvalue weighted by Gasteiger charge is -2.18. The van der Waals surface area contributed by atoms with Crippen LogP contribution in [0.25, 0.3) is 0 Å². The van der Waals surface area contributed by atoms with Crippen molar-refractivity contribution in [2.24, 2.45) is 5.92 Å². The van der Waals surface area contributed by atoms with Gasteiger partial charge < -0.3 is 10.2 Å². The minimum atomic E-state index is -3.72. The van der Waals surface area contributed by atoms with Gasteiger partial charge in [-0.05, 0) is 74.2 Å². The SMILES string of the molecule is C[C@@H](CC(=O)Nc1ccc(F)cc1)S(=O)(=O)c1ccc2c(c1)CCN2C(=O)C1CC1. The number of carbonyl (C=O) groups is 2. The number of fused-ring (bicyclic) bond motifs is 1. The van der Waals surface area contributed by atoms with Gasteiger partial charge in [-0.15, -0.1) is 0 Å². The van der Waals surface area contributed by atoms with E-state index < -0.39 is 26.8 Å². The van der Waals surface area contributed by atoms with Crippen LogP contribution >= 0.6 is 0 Å².